The lowest BCUT2D eigenvalue weighted by Gasteiger charge is -2.32. The summed E-state index contributed by atoms with van der Waals surface area (Å²) in [5.41, 5.74) is 1.10. The second-order valence-corrected chi connectivity index (χ2v) is 14.6. The number of carbonyl (C=O) groups excluding carboxylic acids is 2. The van der Waals surface area contributed by atoms with Gasteiger partial charge in [0, 0.05) is 0 Å². The molecule has 2 saturated heterocycles. The molecule has 3 fully saturated rings. The van der Waals surface area contributed by atoms with E-state index in [2.05, 4.69) is 0 Å². The van der Waals surface area contributed by atoms with Gasteiger partial charge in [-0.05, 0) is 80.8 Å². The molecule has 242 valence electrons. The number of phenolic OH excluding ortho intramolecular Hbond substituents is 2. The van der Waals surface area contributed by atoms with E-state index in [1.54, 1.807) is 19.1 Å². The number of nitrogens with one attached hydrogen (secondary N) is 2. The van der Waals surface area contributed by atoms with Crippen molar-refractivity contribution < 1.29 is 46.9 Å². The first-order valence-electron chi connectivity index (χ1n) is 14.3. The van der Waals surface area contributed by atoms with Crippen molar-refractivity contribution in [2.24, 2.45) is 0 Å². The number of aliphatic hydroxyl groups excluding tert-OH is 1. The lowest BCUT2D eigenvalue weighted by molar-refractivity contribution is -0.118. The van der Waals surface area contributed by atoms with E-state index in [1.807, 2.05) is 9.44 Å². The number of carbonyl (C=O) groups is 2. The summed E-state index contributed by atoms with van der Waals surface area (Å²) in [7, 11) is -7.85. The first-order chi connectivity index (χ1) is 20.6. The fourth-order valence-corrected chi connectivity index (χ4v) is 7.73. The van der Waals surface area contributed by atoms with Gasteiger partial charge in [-0.1, -0.05) is 31.4 Å². The Morgan fingerprint density at radius 1 is 0.795 bits per heavy atom. The van der Waals surface area contributed by atoms with Crippen LogP contribution in [0.1, 0.15) is 63.0 Å². The fourth-order valence-electron chi connectivity index (χ4n) is 5.41. The first-order valence-corrected chi connectivity index (χ1v) is 17.2. The molecule has 1 unspecified atom stereocenters. The number of aromatic hydroxyl groups is 2. The number of aliphatic hydroxyl groups is 2. The number of phenols is 2. The quantitative estimate of drug-likeness (QED) is 0.238. The van der Waals surface area contributed by atoms with Gasteiger partial charge in [0.1, 0.15) is 24.6 Å². The highest BCUT2D eigenvalue weighted by Crippen LogP contribution is 2.35. The largest absolute Gasteiger partial charge is 0.506 e. The van der Waals surface area contributed by atoms with E-state index < -0.39 is 43.9 Å². The Kier molecular flexibility index (Phi) is 9.97. The molecule has 14 nitrogen and oxygen atoms in total. The molecule has 0 bridgehead atoms. The van der Waals surface area contributed by atoms with Crippen molar-refractivity contribution in [1.29, 1.82) is 0 Å². The summed E-state index contributed by atoms with van der Waals surface area (Å²) >= 11 is 0. The van der Waals surface area contributed by atoms with Crippen molar-refractivity contribution in [2.75, 3.05) is 21.7 Å². The van der Waals surface area contributed by atoms with E-state index in [0.29, 0.717) is 25.7 Å². The fraction of sp³-hybridized carbons (Fsp3) is 0.500. The molecule has 2 amide bonds. The summed E-state index contributed by atoms with van der Waals surface area (Å²) in [5.74, 6) is -1.67. The van der Waals surface area contributed by atoms with E-state index >= 15 is 0 Å². The molecule has 2 aromatic carbocycles. The number of aryl methyl sites for hydroxylation is 2. The maximum atomic E-state index is 11.8. The van der Waals surface area contributed by atoms with E-state index in [9.17, 15) is 46.9 Å². The van der Waals surface area contributed by atoms with Crippen LogP contribution in [0.5, 0.6) is 11.5 Å². The van der Waals surface area contributed by atoms with Crippen LogP contribution in [-0.2, 0) is 42.8 Å². The topological polar surface area (TPSA) is 214 Å². The molecule has 44 heavy (non-hydrogen) atoms. The number of amides is 2. The van der Waals surface area contributed by atoms with Gasteiger partial charge in [-0.3, -0.25) is 9.59 Å². The Morgan fingerprint density at radius 2 is 1.25 bits per heavy atom. The molecule has 2 aromatic rings. The average Bonchev–Trinajstić information content (AvgIpc) is 3.37. The van der Waals surface area contributed by atoms with E-state index in [1.165, 1.54) is 24.3 Å². The van der Waals surface area contributed by atoms with Crippen LogP contribution in [0.2, 0.25) is 0 Å². The van der Waals surface area contributed by atoms with Crippen LogP contribution >= 0.6 is 0 Å². The average molecular weight is 655 g/mol. The minimum atomic E-state index is -3.93. The standard InChI is InChI=1S/C16H22N2O5S.C12H16N2O5S/c19-14-10-12(6-9-16(21)7-2-1-3-8-16)4-5-13(14)18-11-15(20)17-24(18,22)23;1-8(15)2-3-9-4-5-10(11(16)6-9)14-7-12(17)13-20(14,18)19/h4-5,10,19,21H,1-3,6-9,11H2,(H,17,20);4-6,8,15-16H,2-3,7H2,1H3,(H,13,17). The van der Waals surface area contributed by atoms with Crippen LogP contribution in [0.4, 0.5) is 11.4 Å². The summed E-state index contributed by atoms with van der Waals surface area (Å²) in [6.45, 7) is 0.986. The Bertz CT molecular complexity index is 1610. The number of nitrogens with zero attached hydrogens (tertiary/aromatic N) is 2. The molecule has 2 heterocycles. The molecule has 0 spiro atoms. The number of rotatable bonds is 8. The maximum absolute atomic E-state index is 11.8. The third kappa shape index (κ3) is 8.11. The van der Waals surface area contributed by atoms with Crippen LogP contribution in [0, 0.1) is 0 Å². The molecule has 6 N–H and O–H groups in total. The third-order valence-electron chi connectivity index (χ3n) is 7.77. The number of hydrogen-bond acceptors (Lipinski definition) is 10. The molecule has 5 rings (SSSR count). The monoisotopic (exact) mass is 654 g/mol. The molecule has 0 radical (unpaired) electrons. The van der Waals surface area contributed by atoms with E-state index in [-0.39, 0.29) is 36.0 Å². The van der Waals surface area contributed by atoms with Gasteiger partial charge in [0.25, 0.3) is 11.8 Å². The predicted octanol–water partition coefficient (Wildman–Crippen LogP) is 1.09. The minimum absolute atomic E-state index is 0.0594. The normalized spacial score (nSPS) is 20.8. The summed E-state index contributed by atoms with van der Waals surface area (Å²) < 4.78 is 52.4. The number of hydrogen-bond donors (Lipinski definition) is 6. The van der Waals surface area contributed by atoms with Gasteiger partial charge in [-0.2, -0.15) is 16.8 Å². The second kappa shape index (κ2) is 13.2. The summed E-state index contributed by atoms with van der Waals surface area (Å²) in [4.78, 5) is 22.4. The predicted molar refractivity (Wildman–Crippen MR) is 161 cm³/mol. The van der Waals surface area contributed by atoms with Gasteiger partial charge < -0.3 is 20.4 Å². The van der Waals surface area contributed by atoms with Crippen molar-refractivity contribution in [3.05, 3.63) is 47.5 Å². The zero-order valence-corrected chi connectivity index (χ0v) is 25.9. The highest BCUT2D eigenvalue weighted by Gasteiger charge is 2.36. The van der Waals surface area contributed by atoms with Gasteiger partial charge in [0.15, 0.2) is 0 Å². The Labute approximate surface area is 256 Å². The summed E-state index contributed by atoms with van der Waals surface area (Å²) in [5, 5.41) is 39.8. The van der Waals surface area contributed by atoms with Crippen molar-refractivity contribution in [2.45, 2.75) is 76.4 Å². The van der Waals surface area contributed by atoms with Crippen LogP contribution in [0.15, 0.2) is 36.4 Å². The zero-order chi connectivity index (χ0) is 32.3. The zero-order valence-electron chi connectivity index (χ0n) is 24.3. The Balaban J connectivity index is 0.000000204. The van der Waals surface area contributed by atoms with E-state index in [0.717, 1.165) is 51.8 Å². The number of benzene rings is 2. The molecule has 0 aromatic heterocycles. The lowest BCUT2D eigenvalue weighted by Crippen LogP contribution is -2.31. The molecular formula is C28H38N4O10S2. The molecule has 1 saturated carbocycles. The maximum Gasteiger partial charge on any atom is 0.326 e. The van der Waals surface area contributed by atoms with Crippen molar-refractivity contribution >= 4 is 43.6 Å². The number of anilines is 2. The smallest absolute Gasteiger partial charge is 0.326 e. The van der Waals surface area contributed by atoms with Gasteiger partial charge >= 0.3 is 20.4 Å². The molecule has 1 aliphatic carbocycles. The molecule has 2 aliphatic heterocycles. The molecule has 16 heteroatoms. The van der Waals surface area contributed by atoms with Gasteiger partial charge in [0.05, 0.1) is 23.1 Å². The highest BCUT2D eigenvalue weighted by atomic mass is 32.2. The SMILES string of the molecule is CC(O)CCc1ccc(N2CC(=O)NS2(=O)=O)c(O)c1.O=C1CN(c2ccc(CCC3(O)CCCCC3)cc2O)S(=O)(=O)N1. The molecular weight excluding hydrogens is 616 g/mol. The first kappa shape index (κ1) is 33.3. The summed E-state index contributed by atoms with van der Waals surface area (Å²) in [6.07, 6.45) is 6.72. The van der Waals surface area contributed by atoms with Crippen molar-refractivity contribution in [3.63, 3.8) is 0 Å². The molecule has 1 atom stereocenters. The van der Waals surface area contributed by atoms with Gasteiger partial charge in [0.2, 0.25) is 0 Å². The highest BCUT2D eigenvalue weighted by molar-refractivity contribution is 7.92. The minimum Gasteiger partial charge on any atom is -0.506 e. The second-order valence-electron chi connectivity index (χ2n) is 11.4. The Hall–Kier alpha value is -3.60. The van der Waals surface area contributed by atoms with Gasteiger partial charge in [-0.15, -0.1) is 0 Å². The third-order valence-corrected chi connectivity index (χ3v) is 10.6. The van der Waals surface area contributed by atoms with Crippen molar-refractivity contribution in [1.82, 2.24) is 9.44 Å². The van der Waals surface area contributed by atoms with Gasteiger partial charge in [-0.25, -0.2) is 18.1 Å². The lowest BCUT2D eigenvalue weighted by atomic mass is 9.81. The van der Waals surface area contributed by atoms with Crippen LogP contribution in [0.25, 0.3) is 0 Å². The Morgan fingerprint density at radius 3 is 1.64 bits per heavy atom. The van der Waals surface area contributed by atoms with Crippen molar-refractivity contribution in [3.8, 4) is 11.5 Å². The molecule has 3 aliphatic rings. The summed E-state index contributed by atoms with van der Waals surface area (Å²) in [6, 6.07) is 9.27. The van der Waals surface area contributed by atoms with E-state index in [4.69, 9.17) is 0 Å². The van der Waals surface area contributed by atoms with Crippen LogP contribution in [0.3, 0.4) is 0 Å². The van der Waals surface area contributed by atoms with Crippen LogP contribution < -0.4 is 18.1 Å². The van der Waals surface area contributed by atoms with Crippen LogP contribution in [-0.4, -0.2) is 73.9 Å².